The topological polar surface area (TPSA) is 119 Å². The highest BCUT2D eigenvalue weighted by molar-refractivity contribution is 5.84. The SMILES string of the molecule is O=C(O)Oc1cnn(-c2nc3cc(F)c(Oc4ccc5ccccc5c4)cc3c(=O)[nH]2)c1. The van der Waals surface area contributed by atoms with E-state index in [1.165, 1.54) is 12.3 Å². The Morgan fingerprint density at radius 2 is 1.88 bits per heavy atom. The van der Waals surface area contributed by atoms with E-state index in [0.29, 0.717) is 5.75 Å². The fourth-order valence-electron chi connectivity index (χ4n) is 3.25. The highest BCUT2D eigenvalue weighted by Crippen LogP contribution is 2.29. The van der Waals surface area contributed by atoms with Crippen molar-refractivity contribution >= 4 is 27.8 Å². The maximum Gasteiger partial charge on any atom is 0.511 e. The van der Waals surface area contributed by atoms with Gasteiger partial charge in [-0.15, -0.1) is 0 Å². The maximum atomic E-state index is 14.7. The van der Waals surface area contributed by atoms with Crippen LogP contribution >= 0.6 is 0 Å². The van der Waals surface area contributed by atoms with E-state index in [0.717, 1.165) is 27.7 Å². The molecule has 32 heavy (non-hydrogen) atoms. The molecule has 0 bridgehead atoms. The zero-order valence-electron chi connectivity index (χ0n) is 16.2. The fraction of sp³-hybridized carbons (Fsp3) is 0. The van der Waals surface area contributed by atoms with E-state index in [1.54, 1.807) is 12.1 Å². The number of halogens is 1. The molecule has 0 unspecified atom stereocenters. The molecule has 0 fully saturated rings. The van der Waals surface area contributed by atoms with Crippen LogP contribution in [-0.2, 0) is 0 Å². The average Bonchev–Trinajstić information content (AvgIpc) is 3.22. The van der Waals surface area contributed by atoms with E-state index in [-0.39, 0.29) is 28.4 Å². The van der Waals surface area contributed by atoms with Gasteiger partial charge in [0.25, 0.3) is 5.56 Å². The van der Waals surface area contributed by atoms with Gasteiger partial charge in [0.05, 0.1) is 23.3 Å². The standard InChI is InChI=1S/C22H13FN4O5/c23-17-9-18-16(8-19(17)31-14-6-5-12-3-1-2-4-13(12)7-14)20(28)26-21(25-18)27-11-15(10-24-27)32-22(29)30/h1-11H,(H,29,30)(H,25,26,28). The Morgan fingerprint density at radius 1 is 1.06 bits per heavy atom. The van der Waals surface area contributed by atoms with Gasteiger partial charge in [-0.25, -0.2) is 18.9 Å². The molecule has 0 aliphatic heterocycles. The first-order valence-corrected chi connectivity index (χ1v) is 9.32. The van der Waals surface area contributed by atoms with Gasteiger partial charge in [-0.05, 0) is 29.0 Å². The molecule has 2 N–H and O–H groups in total. The number of benzene rings is 3. The number of nitrogens with one attached hydrogen (secondary N) is 1. The fourth-order valence-corrected chi connectivity index (χ4v) is 3.25. The first-order chi connectivity index (χ1) is 15.5. The normalized spacial score (nSPS) is 11.0. The molecule has 0 radical (unpaired) electrons. The average molecular weight is 432 g/mol. The molecular weight excluding hydrogens is 419 g/mol. The third-order valence-electron chi connectivity index (χ3n) is 4.68. The number of nitrogens with zero attached hydrogens (tertiary/aromatic N) is 3. The number of carbonyl (C=O) groups is 1. The van der Waals surface area contributed by atoms with E-state index in [2.05, 4.69) is 19.8 Å². The lowest BCUT2D eigenvalue weighted by Crippen LogP contribution is -2.14. The predicted molar refractivity (Wildman–Crippen MR) is 112 cm³/mol. The first-order valence-electron chi connectivity index (χ1n) is 9.32. The number of aromatic nitrogens is 4. The summed E-state index contributed by atoms with van der Waals surface area (Å²) in [6.07, 6.45) is 0.844. The van der Waals surface area contributed by atoms with Crippen molar-refractivity contribution in [2.75, 3.05) is 0 Å². The highest BCUT2D eigenvalue weighted by atomic mass is 19.1. The lowest BCUT2D eigenvalue weighted by atomic mass is 10.1. The molecule has 3 aromatic carbocycles. The molecule has 5 aromatic rings. The summed E-state index contributed by atoms with van der Waals surface area (Å²) in [5.41, 5.74) is -0.479. The maximum absolute atomic E-state index is 14.7. The summed E-state index contributed by atoms with van der Waals surface area (Å²) in [6.45, 7) is 0. The van der Waals surface area contributed by atoms with Gasteiger partial charge in [-0.1, -0.05) is 30.3 Å². The second-order valence-electron chi connectivity index (χ2n) is 6.79. The largest absolute Gasteiger partial charge is 0.511 e. The lowest BCUT2D eigenvalue weighted by Gasteiger charge is -2.09. The van der Waals surface area contributed by atoms with Crippen LogP contribution in [0.25, 0.3) is 27.6 Å². The van der Waals surface area contributed by atoms with Gasteiger partial charge in [0.2, 0.25) is 5.95 Å². The Bertz CT molecular complexity index is 1560. The Labute approximate surface area is 178 Å². The van der Waals surface area contributed by atoms with E-state index in [9.17, 15) is 14.0 Å². The number of hydrogen-bond donors (Lipinski definition) is 2. The minimum atomic E-state index is -1.51. The Morgan fingerprint density at radius 3 is 2.69 bits per heavy atom. The molecule has 0 atom stereocenters. The second kappa shape index (κ2) is 7.51. The van der Waals surface area contributed by atoms with Crippen molar-refractivity contribution in [3.05, 3.63) is 83.2 Å². The van der Waals surface area contributed by atoms with Crippen LogP contribution in [0.1, 0.15) is 0 Å². The zero-order chi connectivity index (χ0) is 22.2. The molecule has 2 heterocycles. The van der Waals surface area contributed by atoms with Gasteiger partial charge in [0.15, 0.2) is 17.3 Å². The minimum Gasteiger partial charge on any atom is -0.454 e. The van der Waals surface area contributed by atoms with Crippen molar-refractivity contribution in [2.45, 2.75) is 0 Å². The van der Waals surface area contributed by atoms with Crippen molar-refractivity contribution < 1.29 is 23.8 Å². The van der Waals surface area contributed by atoms with Gasteiger partial charge in [-0.2, -0.15) is 5.10 Å². The number of ether oxygens (including phenoxy) is 2. The minimum absolute atomic E-state index is 0.0367. The molecule has 0 saturated carbocycles. The monoisotopic (exact) mass is 432 g/mol. The quantitative estimate of drug-likeness (QED) is 0.408. The van der Waals surface area contributed by atoms with E-state index >= 15 is 0 Å². The van der Waals surface area contributed by atoms with Crippen LogP contribution in [-0.4, -0.2) is 31.0 Å². The first kappa shape index (κ1) is 19.2. The summed E-state index contributed by atoms with van der Waals surface area (Å²) >= 11 is 0. The van der Waals surface area contributed by atoms with Gasteiger partial charge < -0.3 is 14.6 Å². The van der Waals surface area contributed by atoms with Crippen LogP contribution in [0.15, 0.2) is 71.8 Å². The van der Waals surface area contributed by atoms with Gasteiger partial charge in [0, 0.05) is 6.07 Å². The number of H-pyrrole nitrogens is 1. The van der Waals surface area contributed by atoms with Gasteiger partial charge >= 0.3 is 6.16 Å². The van der Waals surface area contributed by atoms with E-state index in [4.69, 9.17) is 9.84 Å². The second-order valence-corrected chi connectivity index (χ2v) is 6.79. The Kier molecular flexibility index (Phi) is 4.52. The number of carboxylic acid groups (broad SMARTS) is 1. The van der Waals surface area contributed by atoms with Crippen molar-refractivity contribution in [3.63, 3.8) is 0 Å². The molecule has 0 aliphatic rings. The predicted octanol–water partition coefficient (Wildman–Crippen LogP) is 4.25. The summed E-state index contributed by atoms with van der Waals surface area (Å²) in [6, 6.07) is 15.4. The van der Waals surface area contributed by atoms with Crippen molar-refractivity contribution in [1.82, 2.24) is 19.7 Å². The van der Waals surface area contributed by atoms with Crippen LogP contribution in [0.3, 0.4) is 0 Å². The molecule has 0 spiro atoms. The van der Waals surface area contributed by atoms with Crippen molar-refractivity contribution in [2.24, 2.45) is 0 Å². The molecule has 0 amide bonds. The van der Waals surface area contributed by atoms with E-state index < -0.39 is 17.5 Å². The highest BCUT2D eigenvalue weighted by Gasteiger charge is 2.14. The number of fused-ring (bicyclic) bond motifs is 2. The Balaban J connectivity index is 1.51. The summed E-state index contributed by atoms with van der Waals surface area (Å²) in [5, 5.41) is 14.6. The summed E-state index contributed by atoms with van der Waals surface area (Å²) in [4.78, 5) is 29.9. The molecule has 9 nitrogen and oxygen atoms in total. The zero-order valence-corrected chi connectivity index (χ0v) is 16.2. The van der Waals surface area contributed by atoms with Gasteiger partial charge in [0.1, 0.15) is 5.75 Å². The van der Waals surface area contributed by atoms with Gasteiger partial charge in [-0.3, -0.25) is 9.78 Å². The lowest BCUT2D eigenvalue weighted by molar-refractivity contribution is 0.144. The molecule has 0 saturated heterocycles. The number of hydrogen-bond acceptors (Lipinski definition) is 6. The van der Waals surface area contributed by atoms with Crippen LogP contribution in [0.2, 0.25) is 0 Å². The van der Waals surface area contributed by atoms with Crippen molar-refractivity contribution in [3.8, 4) is 23.2 Å². The van der Waals surface area contributed by atoms with Crippen LogP contribution in [0.4, 0.5) is 9.18 Å². The molecular formula is C22H13FN4O5. The van der Waals surface area contributed by atoms with E-state index in [1.807, 2.05) is 30.3 Å². The third-order valence-corrected chi connectivity index (χ3v) is 4.68. The van der Waals surface area contributed by atoms with Crippen LogP contribution in [0.5, 0.6) is 17.2 Å². The third kappa shape index (κ3) is 3.60. The smallest absolute Gasteiger partial charge is 0.454 e. The molecule has 10 heteroatoms. The van der Waals surface area contributed by atoms with Crippen LogP contribution in [0, 0.1) is 5.82 Å². The molecule has 2 aromatic heterocycles. The summed E-state index contributed by atoms with van der Waals surface area (Å²) < 4.78 is 26.0. The van der Waals surface area contributed by atoms with Crippen LogP contribution < -0.4 is 15.0 Å². The Hall–Kier alpha value is -4.73. The molecule has 5 rings (SSSR count). The molecule has 0 aliphatic carbocycles. The molecule has 158 valence electrons. The summed E-state index contributed by atoms with van der Waals surface area (Å²) in [5.74, 6) is -0.504. The number of aromatic amines is 1. The summed E-state index contributed by atoms with van der Waals surface area (Å²) in [7, 11) is 0. The number of rotatable bonds is 4. The van der Waals surface area contributed by atoms with Crippen molar-refractivity contribution in [1.29, 1.82) is 0 Å².